The number of allylic oxidation sites excluding steroid dienone is 2. The lowest BCUT2D eigenvalue weighted by molar-refractivity contribution is -0.105. The van der Waals surface area contributed by atoms with Crippen LogP contribution in [0.4, 0.5) is 5.69 Å². The Morgan fingerprint density at radius 2 is 1.71 bits per heavy atom. The van der Waals surface area contributed by atoms with Gasteiger partial charge in [0.15, 0.2) is 11.2 Å². The van der Waals surface area contributed by atoms with Crippen molar-refractivity contribution >= 4 is 29.2 Å². The van der Waals surface area contributed by atoms with Gasteiger partial charge in [-0.05, 0) is 58.3 Å². The van der Waals surface area contributed by atoms with Crippen molar-refractivity contribution in [2.75, 3.05) is 53.8 Å². The minimum atomic E-state index is -0.239. The van der Waals surface area contributed by atoms with Crippen LogP contribution in [0.3, 0.4) is 0 Å². The minimum absolute atomic E-state index is 0.239. The highest BCUT2D eigenvalue weighted by molar-refractivity contribution is 5.97. The van der Waals surface area contributed by atoms with Crippen LogP contribution in [0.5, 0.6) is 0 Å². The number of amides is 2. The Hall–Kier alpha value is -4.02. The maximum absolute atomic E-state index is 12.4. The summed E-state index contributed by atoms with van der Waals surface area (Å²) in [6.07, 6.45) is 7.39. The molecule has 230 valence electrons. The number of carbonyl (C=O) groups excluding carboxylic acids is 2. The van der Waals surface area contributed by atoms with E-state index in [9.17, 15) is 9.59 Å². The first-order valence-electron chi connectivity index (χ1n) is 13.4. The monoisotopic (exact) mass is 573 g/mol. The SMILES string of the molecule is C/C=C/OC.C=CC.CC.CC.CN(C)CCNC(=O)c1cc(NC=O)cc(-c2nc3ncccc3o2)c1.COC. The van der Waals surface area contributed by atoms with E-state index >= 15 is 0 Å². The number of aromatic nitrogens is 2. The molecule has 2 heterocycles. The van der Waals surface area contributed by atoms with Crippen LogP contribution >= 0.6 is 0 Å². The fourth-order valence-electron chi connectivity index (χ4n) is 2.56. The summed E-state index contributed by atoms with van der Waals surface area (Å²) in [5.74, 6) is 0.0903. The molecule has 10 nitrogen and oxygen atoms in total. The molecule has 0 saturated carbocycles. The average Bonchev–Trinajstić information content (AvgIpc) is 3.41. The van der Waals surface area contributed by atoms with E-state index < -0.39 is 0 Å². The van der Waals surface area contributed by atoms with E-state index in [1.54, 1.807) is 70.2 Å². The molecule has 0 fully saturated rings. The van der Waals surface area contributed by atoms with E-state index in [1.165, 1.54) is 0 Å². The number of rotatable bonds is 8. The Morgan fingerprint density at radius 1 is 1.10 bits per heavy atom. The van der Waals surface area contributed by atoms with Gasteiger partial charge in [0.25, 0.3) is 5.91 Å². The molecular weight excluding hydrogens is 522 g/mol. The molecule has 0 radical (unpaired) electrons. The predicted molar refractivity (Wildman–Crippen MR) is 171 cm³/mol. The molecular formula is C31H51N5O5. The van der Waals surface area contributed by atoms with Crippen LogP contribution in [0.2, 0.25) is 0 Å². The summed E-state index contributed by atoms with van der Waals surface area (Å²) in [6.45, 7) is 16.4. The number of fused-ring (bicyclic) bond motifs is 1. The quantitative estimate of drug-likeness (QED) is 0.180. The summed E-state index contributed by atoms with van der Waals surface area (Å²) in [5, 5.41) is 5.41. The van der Waals surface area contributed by atoms with Crippen molar-refractivity contribution < 1.29 is 23.5 Å². The van der Waals surface area contributed by atoms with Crippen molar-refractivity contribution in [2.45, 2.75) is 41.5 Å². The van der Waals surface area contributed by atoms with Crippen molar-refractivity contribution in [3.8, 4) is 11.5 Å². The molecule has 0 aliphatic rings. The lowest BCUT2D eigenvalue weighted by Crippen LogP contribution is -2.31. The number of oxazole rings is 1. The number of benzene rings is 1. The zero-order chi connectivity index (χ0) is 32.1. The molecule has 41 heavy (non-hydrogen) atoms. The second-order valence-corrected chi connectivity index (χ2v) is 7.49. The van der Waals surface area contributed by atoms with Crippen molar-refractivity contribution in [3.63, 3.8) is 0 Å². The summed E-state index contributed by atoms with van der Waals surface area (Å²) in [6, 6.07) is 8.48. The van der Waals surface area contributed by atoms with Crippen LogP contribution in [0.25, 0.3) is 22.7 Å². The van der Waals surface area contributed by atoms with Gasteiger partial charge in [-0.3, -0.25) is 9.59 Å². The molecule has 0 unspecified atom stereocenters. The third-order valence-corrected chi connectivity index (χ3v) is 3.95. The number of ether oxygens (including phenoxy) is 2. The number of nitrogens with zero attached hydrogens (tertiary/aromatic N) is 3. The molecule has 2 amide bonds. The molecule has 2 aromatic heterocycles. The zero-order valence-corrected chi connectivity index (χ0v) is 26.8. The van der Waals surface area contributed by atoms with E-state index in [0.717, 1.165) is 6.54 Å². The van der Waals surface area contributed by atoms with E-state index in [-0.39, 0.29) is 5.91 Å². The van der Waals surface area contributed by atoms with Crippen LogP contribution in [-0.2, 0) is 14.3 Å². The van der Waals surface area contributed by atoms with Gasteiger partial charge in [-0.1, -0.05) is 39.8 Å². The van der Waals surface area contributed by atoms with Gasteiger partial charge >= 0.3 is 0 Å². The van der Waals surface area contributed by atoms with E-state index in [2.05, 4.69) is 36.7 Å². The minimum Gasteiger partial charge on any atom is -0.505 e. The summed E-state index contributed by atoms with van der Waals surface area (Å²) in [5.41, 5.74) is 2.49. The van der Waals surface area contributed by atoms with Crippen molar-refractivity contribution in [1.82, 2.24) is 20.2 Å². The Balaban J connectivity index is -0.000000811. The Kier molecular flexibility index (Phi) is 29.3. The predicted octanol–water partition coefficient (Wildman–Crippen LogP) is 6.42. The summed E-state index contributed by atoms with van der Waals surface area (Å²) in [4.78, 5) is 33.7. The highest BCUT2D eigenvalue weighted by Crippen LogP contribution is 2.27. The number of hydrogen-bond acceptors (Lipinski definition) is 8. The van der Waals surface area contributed by atoms with Gasteiger partial charge in [0.2, 0.25) is 12.3 Å². The van der Waals surface area contributed by atoms with Gasteiger partial charge in [0.1, 0.15) is 0 Å². The van der Waals surface area contributed by atoms with Crippen molar-refractivity contribution in [3.05, 3.63) is 67.1 Å². The lowest BCUT2D eigenvalue weighted by atomic mass is 10.1. The number of nitrogens with one attached hydrogen (secondary N) is 2. The topological polar surface area (TPSA) is 119 Å². The standard InChI is InChI=1S/C18H19N5O3.C4H8O.C3H6.C2H6O.2C2H6/c1-23(2)7-6-20-17(25)12-8-13(10-14(9-12)21-11-24)18-22-16-15(26-18)4-3-5-19-16;1-3-4-5-2;2*1-3-2;2*1-2/h3-5,8-11H,6-7H2,1-2H3,(H,20,25)(H,21,24);3-4H,1-2H3;3H,1H2,2H3;1-2H3;2*1-2H3/b;4-3+;;;;. The summed E-state index contributed by atoms with van der Waals surface area (Å²) < 4.78 is 14.5. The molecule has 2 N–H and O–H groups in total. The molecule has 10 heteroatoms. The third-order valence-electron chi connectivity index (χ3n) is 3.95. The number of methoxy groups -OCH3 is 2. The zero-order valence-electron chi connectivity index (χ0n) is 26.8. The van der Waals surface area contributed by atoms with E-state index in [0.29, 0.717) is 46.9 Å². The first-order valence-corrected chi connectivity index (χ1v) is 13.4. The largest absolute Gasteiger partial charge is 0.505 e. The number of pyridine rings is 1. The molecule has 0 saturated heterocycles. The van der Waals surface area contributed by atoms with Gasteiger partial charge in [-0.15, -0.1) is 6.58 Å². The Bertz CT molecular complexity index is 1060. The fourth-order valence-corrected chi connectivity index (χ4v) is 2.56. The van der Waals surface area contributed by atoms with Crippen LogP contribution in [0, 0.1) is 0 Å². The van der Waals surface area contributed by atoms with E-state index in [4.69, 9.17) is 4.42 Å². The van der Waals surface area contributed by atoms with Crippen molar-refractivity contribution in [2.24, 2.45) is 0 Å². The van der Waals surface area contributed by atoms with Gasteiger partial charge in [-0.25, -0.2) is 4.98 Å². The smallest absolute Gasteiger partial charge is 0.251 e. The fraction of sp³-hybridized carbons (Fsp3) is 0.419. The molecule has 0 atom stereocenters. The Morgan fingerprint density at radius 3 is 2.17 bits per heavy atom. The molecule has 0 spiro atoms. The molecule has 3 rings (SSSR count). The third kappa shape index (κ3) is 19.7. The summed E-state index contributed by atoms with van der Waals surface area (Å²) in [7, 11) is 8.74. The molecule has 0 aliphatic heterocycles. The first-order chi connectivity index (χ1) is 19.8. The summed E-state index contributed by atoms with van der Waals surface area (Å²) >= 11 is 0. The number of hydrogen-bond donors (Lipinski definition) is 2. The molecule has 0 bridgehead atoms. The van der Waals surface area contributed by atoms with E-state index in [1.807, 2.05) is 66.6 Å². The maximum Gasteiger partial charge on any atom is 0.251 e. The molecule has 3 aromatic rings. The van der Waals surface area contributed by atoms with Crippen LogP contribution in [0.15, 0.2) is 65.9 Å². The number of carbonyl (C=O) groups is 2. The van der Waals surface area contributed by atoms with Crippen molar-refractivity contribution in [1.29, 1.82) is 0 Å². The highest BCUT2D eigenvalue weighted by Gasteiger charge is 2.14. The molecule has 1 aromatic carbocycles. The normalized spacial score (nSPS) is 9.07. The average molecular weight is 574 g/mol. The maximum atomic E-state index is 12.4. The van der Waals surface area contributed by atoms with Gasteiger partial charge in [0, 0.05) is 50.3 Å². The van der Waals surface area contributed by atoms with Gasteiger partial charge in [-0.2, -0.15) is 4.98 Å². The first kappa shape index (κ1) is 41.5. The Labute approximate surface area is 246 Å². The van der Waals surface area contributed by atoms with Gasteiger partial charge in [0.05, 0.1) is 13.4 Å². The second kappa shape index (κ2) is 29.0. The number of anilines is 1. The van der Waals surface area contributed by atoms with Crippen LogP contribution in [-0.4, -0.2) is 75.7 Å². The van der Waals surface area contributed by atoms with Gasteiger partial charge < -0.3 is 29.4 Å². The highest BCUT2D eigenvalue weighted by atomic mass is 16.5. The second-order valence-electron chi connectivity index (χ2n) is 7.49. The van der Waals surface area contributed by atoms with Crippen LogP contribution in [0.1, 0.15) is 51.9 Å². The lowest BCUT2D eigenvalue weighted by Gasteiger charge is -2.11. The number of likely N-dealkylation sites (N-methyl/N-ethyl adjacent to an activating group) is 1. The molecule has 0 aliphatic carbocycles. The van der Waals surface area contributed by atoms with Crippen LogP contribution < -0.4 is 10.6 Å².